The van der Waals surface area contributed by atoms with Crippen molar-refractivity contribution in [1.29, 1.82) is 0 Å². The van der Waals surface area contributed by atoms with E-state index in [2.05, 4.69) is 15.9 Å². The van der Waals surface area contributed by atoms with Crippen LogP contribution in [0.1, 0.15) is 32.3 Å². The molecule has 6 heteroatoms. The predicted octanol–water partition coefficient (Wildman–Crippen LogP) is 2.74. The smallest absolute Gasteiger partial charge is 0.227 e. The first kappa shape index (κ1) is 18.1. The summed E-state index contributed by atoms with van der Waals surface area (Å²) in [5, 5.41) is 0. The third kappa shape index (κ3) is 4.38. The van der Waals surface area contributed by atoms with Gasteiger partial charge in [0.2, 0.25) is 5.91 Å². The van der Waals surface area contributed by atoms with Gasteiger partial charge in [-0.1, -0.05) is 15.9 Å². The molecule has 1 fully saturated rings. The van der Waals surface area contributed by atoms with Crippen LogP contribution < -0.4 is 15.2 Å². The van der Waals surface area contributed by atoms with E-state index in [4.69, 9.17) is 15.2 Å². The Hall–Kier alpha value is -1.27. The number of amides is 1. The summed E-state index contributed by atoms with van der Waals surface area (Å²) < 4.78 is 12.1. The van der Waals surface area contributed by atoms with Gasteiger partial charge in [0, 0.05) is 23.6 Å². The topological polar surface area (TPSA) is 64.8 Å². The summed E-state index contributed by atoms with van der Waals surface area (Å²) in [5.41, 5.74) is 6.67. The van der Waals surface area contributed by atoms with Crippen molar-refractivity contribution in [2.75, 3.05) is 26.3 Å². The lowest BCUT2D eigenvalue weighted by Crippen LogP contribution is -2.40. The van der Waals surface area contributed by atoms with Crippen LogP contribution in [0.2, 0.25) is 0 Å². The largest absolute Gasteiger partial charge is 0.490 e. The number of carbonyl (C=O) groups excluding carboxylic acids is 1. The Morgan fingerprint density at radius 1 is 1.30 bits per heavy atom. The summed E-state index contributed by atoms with van der Waals surface area (Å²) in [5.74, 6) is 1.49. The van der Waals surface area contributed by atoms with Gasteiger partial charge < -0.3 is 20.1 Å². The summed E-state index contributed by atoms with van der Waals surface area (Å²) in [6.07, 6.45) is 2.36. The number of rotatable bonds is 7. The van der Waals surface area contributed by atoms with Crippen molar-refractivity contribution >= 4 is 21.8 Å². The summed E-state index contributed by atoms with van der Waals surface area (Å²) in [6, 6.07) is 3.95. The second-order valence-electron chi connectivity index (χ2n) is 5.55. The molecular formula is C17H25BrN2O3. The lowest BCUT2D eigenvalue weighted by molar-refractivity contribution is -0.131. The standard InChI is InChI=1S/C17H25BrN2O3/c1-3-22-15-8-12(14(18)10-16(15)23-4-2)9-17(21)20-7-5-6-13(20)11-19/h8,10,13H,3-7,9,11,19H2,1-2H3. The minimum absolute atomic E-state index is 0.116. The van der Waals surface area contributed by atoms with Crippen LogP contribution in [0.15, 0.2) is 16.6 Å². The molecule has 1 aliphatic heterocycles. The number of nitrogens with two attached hydrogens (primary N) is 1. The molecule has 1 aromatic rings. The first-order valence-corrected chi connectivity index (χ1v) is 8.97. The Balaban J connectivity index is 2.18. The Kier molecular flexibility index (Phi) is 6.72. The highest BCUT2D eigenvalue weighted by Gasteiger charge is 2.28. The molecule has 0 bridgehead atoms. The number of hydrogen-bond donors (Lipinski definition) is 1. The van der Waals surface area contributed by atoms with Crippen LogP contribution in [0, 0.1) is 0 Å². The Morgan fingerprint density at radius 2 is 1.96 bits per heavy atom. The van der Waals surface area contributed by atoms with Crippen LogP contribution in [0.25, 0.3) is 0 Å². The fourth-order valence-electron chi connectivity index (χ4n) is 2.92. The molecule has 1 saturated heterocycles. The van der Waals surface area contributed by atoms with Gasteiger partial charge in [0.25, 0.3) is 0 Å². The molecule has 2 rings (SSSR count). The second-order valence-corrected chi connectivity index (χ2v) is 6.41. The van der Waals surface area contributed by atoms with Crippen LogP contribution in [-0.4, -0.2) is 43.2 Å². The van der Waals surface area contributed by atoms with E-state index in [1.165, 1.54) is 0 Å². The monoisotopic (exact) mass is 384 g/mol. The Labute approximate surface area is 146 Å². The molecule has 0 spiro atoms. The zero-order valence-electron chi connectivity index (χ0n) is 13.8. The number of benzene rings is 1. The van der Waals surface area contributed by atoms with E-state index in [0.29, 0.717) is 37.7 Å². The van der Waals surface area contributed by atoms with Crippen LogP contribution >= 0.6 is 15.9 Å². The van der Waals surface area contributed by atoms with E-state index in [-0.39, 0.29) is 11.9 Å². The van der Waals surface area contributed by atoms with Gasteiger partial charge in [0.05, 0.1) is 19.6 Å². The summed E-state index contributed by atoms with van der Waals surface area (Å²) >= 11 is 3.54. The molecule has 1 atom stereocenters. The van der Waals surface area contributed by atoms with E-state index < -0.39 is 0 Å². The molecule has 1 heterocycles. The number of likely N-dealkylation sites (tertiary alicyclic amines) is 1. The van der Waals surface area contributed by atoms with E-state index in [1.54, 1.807) is 0 Å². The summed E-state index contributed by atoms with van der Waals surface area (Å²) in [6.45, 7) is 6.31. The SMILES string of the molecule is CCOc1cc(Br)c(CC(=O)N2CCCC2CN)cc1OCC. The summed E-state index contributed by atoms with van der Waals surface area (Å²) in [7, 11) is 0. The highest BCUT2D eigenvalue weighted by Crippen LogP contribution is 2.34. The van der Waals surface area contributed by atoms with Gasteiger partial charge in [-0.05, 0) is 44.4 Å². The van der Waals surface area contributed by atoms with Crippen molar-refractivity contribution in [3.05, 3.63) is 22.2 Å². The third-order valence-electron chi connectivity index (χ3n) is 4.02. The van der Waals surface area contributed by atoms with E-state index in [1.807, 2.05) is 30.9 Å². The number of carbonyl (C=O) groups is 1. The van der Waals surface area contributed by atoms with Crippen molar-refractivity contribution in [2.45, 2.75) is 39.2 Å². The maximum atomic E-state index is 12.6. The maximum Gasteiger partial charge on any atom is 0.227 e. The highest BCUT2D eigenvalue weighted by molar-refractivity contribution is 9.10. The Bertz CT molecular complexity index is 551. The molecule has 0 aliphatic carbocycles. The summed E-state index contributed by atoms with van der Waals surface area (Å²) in [4.78, 5) is 14.5. The fraction of sp³-hybridized carbons (Fsp3) is 0.588. The van der Waals surface area contributed by atoms with Crippen molar-refractivity contribution in [3.8, 4) is 11.5 Å². The van der Waals surface area contributed by atoms with Crippen LogP contribution in [-0.2, 0) is 11.2 Å². The van der Waals surface area contributed by atoms with Gasteiger partial charge in [0.15, 0.2) is 11.5 Å². The second kappa shape index (κ2) is 8.55. The van der Waals surface area contributed by atoms with Crippen LogP contribution in [0.4, 0.5) is 0 Å². The maximum absolute atomic E-state index is 12.6. The molecule has 23 heavy (non-hydrogen) atoms. The molecule has 2 N–H and O–H groups in total. The van der Waals surface area contributed by atoms with E-state index in [9.17, 15) is 4.79 Å². The molecule has 5 nitrogen and oxygen atoms in total. The average molecular weight is 385 g/mol. The third-order valence-corrected chi connectivity index (χ3v) is 4.76. The van der Waals surface area contributed by atoms with Crippen molar-refractivity contribution < 1.29 is 14.3 Å². The number of nitrogens with zero attached hydrogens (tertiary/aromatic N) is 1. The lowest BCUT2D eigenvalue weighted by Gasteiger charge is -2.24. The normalized spacial score (nSPS) is 17.4. The average Bonchev–Trinajstić information content (AvgIpc) is 3.00. The quantitative estimate of drug-likeness (QED) is 0.784. The van der Waals surface area contributed by atoms with Crippen molar-refractivity contribution in [2.24, 2.45) is 5.73 Å². The number of ether oxygens (including phenoxy) is 2. The van der Waals surface area contributed by atoms with Gasteiger partial charge in [0.1, 0.15) is 0 Å². The van der Waals surface area contributed by atoms with Gasteiger partial charge >= 0.3 is 0 Å². The molecule has 1 amide bonds. The minimum atomic E-state index is 0.116. The van der Waals surface area contributed by atoms with Crippen molar-refractivity contribution in [3.63, 3.8) is 0 Å². The van der Waals surface area contributed by atoms with Crippen LogP contribution in [0.3, 0.4) is 0 Å². The zero-order chi connectivity index (χ0) is 16.8. The molecule has 1 aliphatic rings. The first-order chi connectivity index (χ1) is 11.1. The molecule has 128 valence electrons. The molecule has 0 radical (unpaired) electrons. The van der Waals surface area contributed by atoms with Crippen molar-refractivity contribution in [1.82, 2.24) is 4.90 Å². The molecule has 1 aromatic carbocycles. The van der Waals surface area contributed by atoms with Gasteiger partial charge in [-0.3, -0.25) is 4.79 Å². The molecule has 0 saturated carbocycles. The fourth-order valence-corrected chi connectivity index (χ4v) is 3.39. The minimum Gasteiger partial charge on any atom is -0.490 e. The van der Waals surface area contributed by atoms with Crippen LogP contribution in [0.5, 0.6) is 11.5 Å². The van der Waals surface area contributed by atoms with Gasteiger partial charge in [-0.2, -0.15) is 0 Å². The van der Waals surface area contributed by atoms with E-state index >= 15 is 0 Å². The molecule has 0 aromatic heterocycles. The Morgan fingerprint density at radius 3 is 2.57 bits per heavy atom. The molecule has 1 unspecified atom stereocenters. The highest BCUT2D eigenvalue weighted by atomic mass is 79.9. The number of halogens is 1. The number of hydrogen-bond acceptors (Lipinski definition) is 4. The van der Waals surface area contributed by atoms with Gasteiger partial charge in [-0.15, -0.1) is 0 Å². The zero-order valence-corrected chi connectivity index (χ0v) is 15.4. The molecular weight excluding hydrogens is 360 g/mol. The lowest BCUT2D eigenvalue weighted by atomic mass is 10.1. The van der Waals surface area contributed by atoms with E-state index in [0.717, 1.165) is 29.4 Å². The predicted molar refractivity (Wildman–Crippen MR) is 94.0 cm³/mol. The van der Waals surface area contributed by atoms with Gasteiger partial charge in [-0.25, -0.2) is 0 Å². The first-order valence-electron chi connectivity index (χ1n) is 8.18.